The molecule has 1 aliphatic carbocycles. The first-order valence-corrected chi connectivity index (χ1v) is 5.89. The van der Waals surface area contributed by atoms with Gasteiger partial charge in [0.15, 0.2) is 0 Å². The molecule has 0 bridgehead atoms. The van der Waals surface area contributed by atoms with E-state index in [4.69, 9.17) is 17.4 Å². The van der Waals surface area contributed by atoms with Crippen molar-refractivity contribution in [2.45, 2.75) is 57.3 Å². The Labute approximate surface area is 87.7 Å². The molecule has 0 amide bonds. The van der Waals surface area contributed by atoms with Gasteiger partial charge in [-0.05, 0) is 19.3 Å². The highest BCUT2D eigenvalue weighted by atomic mass is 32.1. The molecule has 1 saturated carbocycles. The van der Waals surface area contributed by atoms with E-state index >= 15 is 0 Å². The van der Waals surface area contributed by atoms with Crippen LogP contribution in [0.2, 0.25) is 0 Å². The van der Waals surface area contributed by atoms with Crippen LogP contribution in [0.15, 0.2) is 0 Å². The summed E-state index contributed by atoms with van der Waals surface area (Å²) in [4.78, 5) is -0.309. The third-order valence-electron chi connectivity index (χ3n) is 2.83. The topological polar surface area (TPSA) is 9.23 Å². The first kappa shape index (κ1) is 11.4. The molecule has 0 aromatic heterocycles. The number of rotatable bonds is 4. The third-order valence-corrected chi connectivity index (χ3v) is 3.12. The van der Waals surface area contributed by atoms with Crippen LogP contribution in [-0.2, 0) is 17.4 Å². The maximum atomic E-state index is 5.55. The highest BCUT2D eigenvalue weighted by Crippen LogP contribution is 2.31. The maximum Gasteiger partial charge on any atom is 0.0418 e. The lowest BCUT2D eigenvalue weighted by Gasteiger charge is -2.40. The molecular weight excluding hydrogens is 180 g/mol. The van der Waals surface area contributed by atoms with E-state index in [0.29, 0.717) is 0 Å². The van der Waals surface area contributed by atoms with Crippen molar-refractivity contribution in [2.75, 3.05) is 6.61 Å². The minimum Gasteiger partial charge on any atom is -0.758 e. The zero-order chi connectivity index (χ0) is 9.73. The maximum absolute atomic E-state index is 5.55. The molecule has 1 unspecified atom stereocenters. The van der Waals surface area contributed by atoms with Crippen LogP contribution in [0.4, 0.5) is 0 Å². The highest BCUT2D eigenvalue weighted by molar-refractivity contribution is 7.60. The lowest BCUT2D eigenvalue weighted by molar-refractivity contribution is 0.0264. The van der Waals surface area contributed by atoms with Crippen molar-refractivity contribution >= 4 is 12.6 Å². The molecular formula is C11H21OS-. The Morgan fingerprint density at radius 1 is 1.31 bits per heavy atom. The highest BCUT2D eigenvalue weighted by Gasteiger charge is 2.19. The van der Waals surface area contributed by atoms with Gasteiger partial charge < -0.3 is 17.4 Å². The van der Waals surface area contributed by atoms with Crippen molar-refractivity contribution in [2.24, 2.45) is 5.92 Å². The van der Waals surface area contributed by atoms with Gasteiger partial charge >= 0.3 is 0 Å². The van der Waals surface area contributed by atoms with Crippen molar-refractivity contribution in [3.05, 3.63) is 0 Å². The summed E-state index contributed by atoms with van der Waals surface area (Å²) in [6.45, 7) is 4.80. The second kappa shape index (κ2) is 5.26. The Kier molecular flexibility index (Phi) is 4.60. The van der Waals surface area contributed by atoms with Gasteiger partial charge in [0.05, 0.1) is 0 Å². The summed E-state index contributed by atoms with van der Waals surface area (Å²) >= 11 is 5.40. The molecule has 1 nitrogen and oxygen atoms in total. The summed E-state index contributed by atoms with van der Waals surface area (Å²) in [5.41, 5.74) is 0. The second-order valence-electron chi connectivity index (χ2n) is 4.27. The zero-order valence-electron chi connectivity index (χ0n) is 8.84. The van der Waals surface area contributed by atoms with Crippen LogP contribution >= 0.6 is 0 Å². The summed E-state index contributed by atoms with van der Waals surface area (Å²) in [7, 11) is 0. The molecule has 2 heteroatoms. The SMILES string of the molecule is CCOC(C)([S-])CC1CCCCC1. The Balaban J connectivity index is 2.28. The molecule has 0 spiro atoms. The van der Waals surface area contributed by atoms with Gasteiger partial charge in [-0.2, -0.15) is 0 Å². The van der Waals surface area contributed by atoms with Gasteiger partial charge in [-0.3, -0.25) is 0 Å². The molecule has 1 rings (SSSR count). The van der Waals surface area contributed by atoms with Crippen molar-refractivity contribution < 1.29 is 4.74 Å². The molecule has 1 fully saturated rings. The van der Waals surface area contributed by atoms with Gasteiger partial charge in [-0.25, -0.2) is 0 Å². The van der Waals surface area contributed by atoms with E-state index in [0.717, 1.165) is 18.9 Å². The van der Waals surface area contributed by atoms with E-state index in [1.54, 1.807) is 0 Å². The molecule has 0 heterocycles. The van der Waals surface area contributed by atoms with Gasteiger partial charge in [0.25, 0.3) is 0 Å². The smallest absolute Gasteiger partial charge is 0.0418 e. The van der Waals surface area contributed by atoms with Crippen molar-refractivity contribution in [3.8, 4) is 0 Å². The van der Waals surface area contributed by atoms with Gasteiger partial charge in [0.1, 0.15) is 0 Å². The molecule has 0 N–H and O–H groups in total. The van der Waals surface area contributed by atoms with Crippen molar-refractivity contribution in [3.63, 3.8) is 0 Å². The fourth-order valence-corrected chi connectivity index (χ4v) is 2.63. The number of hydrogen-bond donors (Lipinski definition) is 0. The predicted octanol–water partition coefficient (Wildman–Crippen LogP) is 3.26. The quantitative estimate of drug-likeness (QED) is 0.646. The molecule has 13 heavy (non-hydrogen) atoms. The van der Waals surface area contributed by atoms with Crippen LogP contribution in [0.5, 0.6) is 0 Å². The first-order valence-electron chi connectivity index (χ1n) is 5.48. The van der Waals surface area contributed by atoms with E-state index in [1.165, 1.54) is 32.1 Å². The van der Waals surface area contributed by atoms with Crippen LogP contribution in [0.1, 0.15) is 52.4 Å². The summed E-state index contributed by atoms with van der Waals surface area (Å²) in [5, 5.41) is 0. The summed E-state index contributed by atoms with van der Waals surface area (Å²) < 4.78 is 5.55. The molecule has 78 valence electrons. The monoisotopic (exact) mass is 201 g/mol. The fraction of sp³-hybridized carbons (Fsp3) is 1.00. The molecule has 0 radical (unpaired) electrons. The number of hydrogen-bond acceptors (Lipinski definition) is 2. The average Bonchev–Trinajstić information content (AvgIpc) is 2.04. The summed E-state index contributed by atoms with van der Waals surface area (Å²) in [5.74, 6) is 0.822. The van der Waals surface area contributed by atoms with Crippen molar-refractivity contribution in [1.29, 1.82) is 0 Å². The third kappa shape index (κ3) is 4.37. The lowest BCUT2D eigenvalue weighted by atomic mass is 9.85. The predicted molar refractivity (Wildman–Crippen MR) is 58.6 cm³/mol. The standard InChI is InChI=1S/C11H22OS/c1-3-12-11(2,13)9-10-7-5-4-6-8-10/h10,13H,3-9H2,1-2H3/p-1. The Hall–Kier alpha value is 0.310. The van der Waals surface area contributed by atoms with Crippen molar-refractivity contribution in [1.82, 2.24) is 0 Å². The number of ether oxygens (including phenoxy) is 1. The molecule has 0 saturated heterocycles. The van der Waals surface area contributed by atoms with Crippen LogP contribution < -0.4 is 0 Å². The van der Waals surface area contributed by atoms with Crippen LogP contribution in [0.25, 0.3) is 0 Å². The van der Waals surface area contributed by atoms with E-state index in [1.807, 2.05) is 13.8 Å². The Morgan fingerprint density at radius 2 is 1.92 bits per heavy atom. The second-order valence-corrected chi connectivity index (χ2v) is 5.14. The minimum absolute atomic E-state index is 0.309. The van der Waals surface area contributed by atoms with E-state index in [2.05, 4.69) is 0 Å². The Morgan fingerprint density at radius 3 is 2.46 bits per heavy atom. The average molecular weight is 201 g/mol. The summed E-state index contributed by atoms with van der Waals surface area (Å²) in [6, 6.07) is 0. The molecule has 0 aromatic rings. The molecule has 1 atom stereocenters. The lowest BCUT2D eigenvalue weighted by Crippen LogP contribution is -2.29. The summed E-state index contributed by atoms with van der Waals surface area (Å²) in [6.07, 6.45) is 7.98. The Bertz CT molecular complexity index is 139. The van der Waals surface area contributed by atoms with E-state index in [9.17, 15) is 0 Å². The first-order chi connectivity index (χ1) is 6.14. The largest absolute Gasteiger partial charge is 0.758 e. The molecule has 1 aliphatic rings. The van der Waals surface area contributed by atoms with Crippen LogP contribution in [-0.4, -0.2) is 11.5 Å². The minimum atomic E-state index is -0.309. The van der Waals surface area contributed by atoms with E-state index < -0.39 is 0 Å². The van der Waals surface area contributed by atoms with Crippen LogP contribution in [0.3, 0.4) is 0 Å². The van der Waals surface area contributed by atoms with Gasteiger partial charge in [-0.1, -0.05) is 44.0 Å². The zero-order valence-corrected chi connectivity index (χ0v) is 9.66. The molecule has 0 aliphatic heterocycles. The van der Waals surface area contributed by atoms with Gasteiger partial charge in [0.2, 0.25) is 0 Å². The van der Waals surface area contributed by atoms with Crippen LogP contribution in [0, 0.1) is 5.92 Å². The van der Waals surface area contributed by atoms with E-state index in [-0.39, 0.29) is 4.93 Å². The van der Waals surface area contributed by atoms with Gasteiger partial charge in [0, 0.05) is 6.61 Å². The molecule has 0 aromatic carbocycles. The fourth-order valence-electron chi connectivity index (χ4n) is 2.28. The normalized spacial score (nSPS) is 24.2. The van der Waals surface area contributed by atoms with Gasteiger partial charge in [-0.15, -0.1) is 0 Å².